The zero-order valence-corrected chi connectivity index (χ0v) is 16.9. The number of para-hydroxylation sites is 1. The second-order valence-electron chi connectivity index (χ2n) is 7.11. The van der Waals surface area contributed by atoms with Gasteiger partial charge in [-0.05, 0) is 68.4 Å². The van der Waals surface area contributed by atoms with Crippen LogP contribution in [0.2, 0.25) is 5.02 Å². The monoisotopic (exact) mass is 406 g/mol. The molecule has 1 aliphatic heterocycles. The second kappa shape index (κ2) is 9.16. The summed E-state index contributed by atoms with van der Waals surface area (Å²) in [5, 5.41) is 0.651. The maximum absolute atomic E-state index is 13.4. The van der Waals surface area contributed by atoms with Crippen molar-refractivity contribution in [3.05, 3.63) is 77.6 Å². The number of aromatic nitrogens is 2. The predicted molar refractivity (Wildman–Crippen MR) is 116 cm³/mol. The van der Waals surface area contributed by atoms with Gasteiger partial charge in [-0.3, -0.25) is 4.79 Å². The summed E-state index contributed by atoms with van der Waals surface area (Å²) < 4.78 is 0. The van der Waals surface area contributed by atoms with Gasteiger partial charge in [0.2, 0.25) is 0 Å². The van der Waals surface area contributed by atoms with Crippen LogP contribution in [-0.4, -0.2) is 47.0 Å². The van der Waals surface area contributed by atoms with Crippen LogP contribution in [0.5, 0.6) is 0 Å². The number of hydrogen-bond acceptors (Lipinski definition) is 4. The molecule has 1 aliphatic rings. The quantitative estimate of drug-likeness (QED) is 0.603. The number of benzene rings is 2. The molecule has 1 saturated heterocycles. The van der Waals surface area contributed by atoms with Crippen molar-refractivity contribution in [2.45, 2.75) is 12.8 Å². The molecule has 1 aromatic heterocycles. The number of amides is 1. The SMILES string of the molecule is O=C(c1ccnc(-c2ccc(Cl)cc2)n1)N(CCN1CCCC1)c1ccccc1. The van der Waals surface area contributed by atoms with Gasteiger partial charge >= 0.3 is 0 Å². The summed E-state index contributed by atoms with van der Waals surface area (Å²) in [6.45, 7) is 3.69. The molecule has 0 N–H and O–H groups in total. The number of nitrogens with zero attached hydrogens (tertiary/aromatic N) is 4. The van der Waals surface area contributed by atoms with Gasteiger partial charge in [0.1, 0.15) is 5.69 Å². The maximum Gasteiger partial charge on any atom is 0.277 e. The van der Waals surface area contributed by atoms with Gasteiger partial charge in [0.05, 0.1) is 0 Å². The van der Waals surface area contributed by atoms with Crippen LogP contribution in [0.15, 0.2) is 66.9 Å². The molecule has 148 valence electrons. The number of rotatable bonds is 6. The molecule has 0 radical (unpaired) electrons. The topological polar surface area (TPSA) is 49.3 Å². The number of carbonyl (C=O) groups is 1. The van der Waals surface area contributed by atoms with Crippen molar-refractivity contribution in [3.8, 4) is 11.4 Å². The molecule has 3 aromatic rings. The van der Waals surface area contributed by atoms with Crippen molar-refractivity contribution in [3.63, 3.8) is 0 Å². The lowest BCUT2D eigenvalue weighted by atomic mass is 10.2. The van der Waals surface area contributed by atoms with Crippen molar-refractivity contribution < 1.29 is 4.79 Å². The molecule has 0 unspecified atom stereocenters. The summed E-state index contributed by atoms with van der Waals surface area (Å²) >= 11 is 5.97. The Bertz CT molecular complexity index is 956. The van der Waals surface area contributed by atoms with Crippen LogP contribution in [-0.2, 0) is 0 Å². The highest BCUT2D eigenvalue weighted by molar-refractivity contribution is 6.30. The Morgan fingerprint density at radius 1 is 1.00 bits per heavy atom. The molecule has 2 heterocycles. The van der Waals surface area contributed by atoms with E-state index in [2.05, 4.69) is 14.9 Å². The Morgan fingerprint density at radius 2 is 1.72 bits per heavy atom. The third kappa shape index (κ3) is 4.81. The summed E-state index contributed by atoms with van der Waals surface area (Å²) in [6, 6.07) is 18.7. The Kier molecular flexibility index (Phi) is 6.17. The first-order valence-corrected chi connectivity index (χ1v) is 10.3. The summed E-state index contributed by atoms with van der Waals surface area (Å²) in [5.74, 6) is 0.396. The van der Waals surface area contributed by atoms with E-state index in [9.17, 15) is 4.79 Å². The number of halogens is 1. The molecule has 1 amide bonds. The van der Waals surface area contributed by atoms with Gasteiger partial charge in [0.15, 0.2) is 5.82 Å². The molecule has 4 rings (SSSR count). The van der Waals surface area contributed by atoms with E-state index in [1.807, 2.05) is 47.4 Å². The summed E-state index contributed by atoms with van der Waals surface area (Å²) in [5.41, 5.74) is 2.09. The minimum atomic E-state index is -0.118. The van der Waals surface area contributed by atoms with E-state index < -0.39 is 0 Å². The van der Waals surface area contributed by atoms with Gasteiger partial charge in [0.25, 0.3) is 5.91 Å². The fourth-order valence-electron chi connectivity index (χ4n) is 3.56. The van der Waals surface area contributed by atoms with E-state index in [4.69, 9.17) is 11.6 Å². The van der Waals surface area contributed by atoms with Gasteiger partial charge in [-0.2, -0.15) is 0 Å². The lowest BCUT2D eigenvalue weighted by Gasteiger charge is -2.25. The first kappa shape index (κ1) is 19.6. The Balaban J connectivity index is 1.59. The molecule has 2 aromatic carbocycles. The van der Waals surface area contributed by atoms with Crippen LogP contribution in [0.25, 0.3) is 11.4 Å². The van der Waals surface area contributed by atoms with Crippen LogP contribution in [0.3, 0.4) is 0 Å². The molecule has 1 fully saturated rings. The highest BCUT2D eigenvalue weighted by Crippen LogP contribution is 2.20. The average molecular weight is 407 g/mol. The molecule has 5 nitrogen and oxygen atoms in total. The largest absolute Gasteiger partial charge is 0.306 e. The van der Waals surface area contributed by atoms with E-state index in [0.29, 0.717) is 23.1 Å². The molecule has 0 bridgehead atoms. The third-order valence-corrected chi connectivity index (χ3v) is 5.38. The number of carbonyl (C=O) groups excluding carboxylic acids is 1. The standard InChI is InChI=1S/C23H23ClN4O/c24-19-10-8-18(9-11-19)22-25-13-12-21(26-22)23(29)28(20-6-2-1-3-7-20)17-16-27-14-4-5-15-27/h1-3,6-13H,4-5,14-17H2. The zero-order chi connectivity index (χ0) is 20.1. The molecular weight excluding hydrogens is 384 g/mol. The first-order valence-electron chi connectivity index (χ1n) is 9.89. The van der Waals surface area contributed by atoms with Crippen molar-refractivity contribution in [2.75, 3.05) is 31.1 Å². The van der Waals surface area contributed by atoms with Crippen LogP contribution in [0.1, 0.15) is 23.3 Å². The molecule has 0 aliphatic carbocycles. The molecule has 0 atom stereocenters. The van der Waals surface area contributed by atoms with Crippen molar-refractivity contribution in [2.24, 2.45) is 0 Å². The number of likely N-dealkylation sites (tertiary alicyclic amines) is 1. The zero-order valence-electron chi connectivity index (χ0n) is 16.2. The molecule has 29 heavy (non-hydrogen) atoms. The minimum Gasteiger partial charge on any atom is -0.306 e. The second-order valence-corrected chi connectivity index (χ2v) is 7.55. The van der Waals surface area contributed by atoms with E-state index in [1.165, 1.54) is 12.8 Å². The van der Waals surface area contributed by atoms with E-state index >= 15 is 0 Å². The van der Waals surface area contributed by atoms with Gasteiger partial charge in [-0.25, -0.2) is 9.97 Å². The Labute approximate surface area is 176 Å². The lowest BCUT2D eigenvalue weighted by molar-refractivity contribution is 0.0979. The first-order chi connectivity index (χ1) is 14.2. The van der Waals surface area contributed by atoms with Crippen molar-refractivity contribution >= 4 is 23.2 Å². The normalized spacial score (nSPS) is 14.1. The van der Waals surface area contributed by atoms with Gasteiger partial charge < -0.3 is 9.80 Å². The number of anilines is 1. The third-order valence-electron chi connectivity index (χ3n) is 5.13. The fourth-order valence-corrected chi connectivity index (χ4v) is 3.68. The lowest BCUT2D eigenvalue weighted by Crippen LogP contribution is -2.38. The number of hydrogen-bond donors (Lipinski definition) is 0. The van der Waals surface area contributed by atoms with E-state index in [-0.39, 0.29) is 5.91 Å². The minimum absolute atomic E-state index is 0.118. The van der Waals surface area contributed by atoms with Crippen molar-refractivity contribution in [1.82, 2.24) is 14.9 Å². The fraction of sp³-hybridized carbons (Fsp3) is 0.261. The average Bonchev–Trinajstić information content (AvgIpc) is 3.29. The van der Waals surface area contributed by atoms with Gasteiger partial charge in [0, 0.05) is 35.6 Å². The smallest absolute Gasteiger partial charge is 0.277 e. The summed E-state index contributed by atoms with van der Waals surface area (Å²) in [7, 11) is 0. The molecule has 0 saturated carbocycles. The Hall–Kier alpha value is -2.76. The van der Waals surface area contributed by atoms with Crippen LogP contribution in [0.4, 0.5) is 5.69 Å². The van der Waals surface area contributed by atoms with Gasteiger partial charge in [-0.15, -0.1) is 0 Å². The highest BCUT2D eigenvalue weighted by Gasteiger charge is 2.21. The molecule has 0 spiro atoms. The molecule has 6 heteroatoms. The highest BCUT2D eigenvalue weighted by atomic mass is 35.5. The predicted octanol–water partition coefficient (Wildman–Crippen LogP) is 4.54. The summed E-state index contributed by atoms with van der Waals surface area (Å²) in [4.78, 5) is 26.5. The van der Waals surface area contributed by atoms with Crippen LogP contribution in [0, 0.1) is 0 Å². The van der Waals surface area contributed by atoms with Gasteiger partial charge in [-0.1, -0.05) is 29.8 Å². The Morgan fingerprint density at radius 3 is 2.45 bits per heavy atom. The van der Waals surface area contributed by atoms with E-state index in [1.54, 1.807) is 24.4 Å². The molecular formula is C23H23ClN4O. The van der Waals surface area contributed by atoms with E-state index in [0.717, 1.165) is 30.9 Å². The van der Waals surface area contributed by atoms with Crippen LogP contribution >= 0.6 is 11.6 Å². The van der Waals surface area contributed by atoms with Crippen LogP contribution < -0.4 is 4.90 Å². The summed E-state index contributed by atoms with van der Waals surface area (Å²) in [6.07, 6.45) is 4.10. The maximum atomic E-state index is 13.4. The van der Waals surface area contributed by atoms with Crippen molar-refractivity contribution in [1.29, 1.82) is 0 Å².